The summed E-state index contributed by atoms with van der Waals surface area (Å²) in [7, 11) is 0. The highest BCUT2D eigenvalue weighted by atomic mass is 35.5. The van der Waals surface area contributed by atoms with Crippen LogP contribution in [-0.4, -0.2) is 26.3 Å². The first-order chi connectivity index (χ1) is 13.0. The SMILES string of the molecule is CCC(CC)NC(=O)C1CCCn2c1nn(Cc1c(F)cccc1Cl)c2=O. The zero-order valence-corrected chi connectivity index (χ0v) is 16.3. The predicted octanol–water partition coefficient (Wildman–Crippen LogP) is 3.07. The molecule has 1 aliphatic rings. The van der Waals surface area contributed by atoms with Crippen LogP contribution in [0.3, 0.4) is 0 Å². The van der Waals surface area contributed by atoms with Gasteiger partial charge in [0.15, 0.2) is 0 Å². The van der Waals surface area contributed by atoms with Gasteiger partial charge in [-0.3, -0.25) is 9.36 Å². The first kappa shape index (κ1) is 19.6. The molecule has 0 spiro atoms. The topological polar surface area (TPSA) is 68.9 Å². The van der Waals surface area contributed by atoms with E-state index >= 15 is 0 Å². The Kier molecular flexibility index (Phi) is 5.99. The Balaban J connectivity index is 1.90. The number of amides is 1. The van der Waals surface area contributed by atoms with Crippen molar-refractivity contribution in [3.05, 3.63) is 50.9 Å². The summed E-state index contributed by atoms with van der Waals surface area (Å²) in [5, 5.41) is 7.66. The minimum Gasteiger partial charge on any atom is -0.353 e. The van der Waals surface area contributed by atoms with Gasteiger partial charge in [-0.2, -0.15) is 5.10 Å². The zero-order valence-electron chi connectivity index (χ0n) is 15.5. The summed E-state index contributed by atoms with van der Waals surface area (Å²) < 4.78 is 16.8. The van der Waals surface area contributed by atoms with E-state index in [0.29, 0.717) is 18.8 Å². The Hall–Kier alpha value is -2.15. The molecule has 2 heterocycles. The van der Waals surface area contributed by atoms with Gasteiger partial charge in [-0.05, 0) is 37.8 Å². The molecule has 1 amide bonds. The van der Waals surface area contributed by atoms with Crippen LogP contribution in [-0.2, 0) is 17.9 Å². The molecule has 1 aromatic carbocycles. The normalized spacial score (nSPS) is 16.4. The molecule has 2 aromatic rings. The van der Waals surface area contributed by atoms with Gasteiger partial charge < -0.3 is 5.32 Å². The van der Waals surface area contributed by atoms with E-state index < -0.39 is 11.7 Å². The summed E-state index contributed by atoms with van der Waals surface area (Å²) >= 11 is 6.07. The van der Waals surface area contributed by atoms with Crippen LogP contribution >= 0.6 is 11.6 Å². The van der Waals surface area contributed by atoms with Crippen LogP contribution in [0.15, 0.2) is 23.0 Å². The van der Waals surface area contributed by atoms with Crippen molar-refractivity contribution in [3.8, 4) is 0 Å². The second kappa shape index (κ2) is 8.25. The lowest BCUT2D eigenvalue weighted by atomic mass is 9.97. The van der Waals surface area contributed by atoms with Gasteiger partial charge in [-0.25, -0.2) is 13.9 Å². The van der Waals surface area contributed by atoms with E-state index in [4.69, 9.17) is 11.6 Å². The van der Waals surface area contributed by atoms with Crippen LogP contribution in [0.2, 0.25) is 5.02 Å². The van der Waals surface area contributed by atoms with E-state index in [2.05, 4.69) is 10.4 Å². The molecular formula is C19H24ClFN4O2. The molecular weight excluding hydrogens is 371 g/mol. The van der Waals surface area contributed by atoms with Gasteiger partial charge in [0.05, 0.1) is 12.5 Å². The third kappa shape index (κ3) is 3.93. The lowest BCUT2D eigenvalue weighted by Crippen LogP contribution is -2.40. The summed E-state index contributed by atoms with van der Waals surface area (Å²) in [6.45, 7) is 4.50. The molecule has 1 aliphatic heterocycles. The Labute approximate surface area is 162 Å². The number of fused-ring (bicyclic) bond motifs is 1. The standard InChI is InChI=1S/C19H24ClFN4O2/c1-3-12(4-2)22-18(26)13-7-6-10-24-17(13)23-25(19(24)27)11-14-15(20)8-5-9-16(14)21/h5,8-9,12-13H,3-4,6-7,10-11H2,1-2H3,(H,22,26). The van der Waals surface area contributed by atoms with Crippen molar-refractivity contribution < 1.29 is 9.18 Å². The molecule has 0 radical (unpaired) electrons. The number of aromatic nitrogens is 3. The highest BCUT2D eigenvalue weighted by molar-refractivity contribution is 6.31. The minimum absolute atomic E-state index is 0.0643. The Morgan fingerprint density at radius 1 is 1.41 bits per heavy atom. The Bertz CT molecular complexity index is 868. The van der Waals surface area contributed by atoms with Gasteiger partial charge in [0.1, 0.15) is 11.6 Å². The number of hydrogen-bond donors (Lipinski definition) is 1. The molecule has 146 valence electrons. The van der Waals surface area contributed by atoms with Crippen LogP contribution in [0, 0.1) is 5.82 Å². The van der Waals surface area contributed by atoms with Gasteiger partial charge >= 0.3 is 5.69 Å². The number of rotatable bonds is 6. The fourth-order valence-electron chi connectivity index (χ4n) is 3.49. The number of nitrogens with zero attached hydrogens (tertiary/aromatic N) is 3. The van der Waals surface area contributed by atoms with Crippen molar-refractivity contribution in [1.29, 1.82) is 0 Å². The van der Waals surface area contributed by atoms with Crippen molar-refractivity contribution in [2.75, 3.05) is 0 Å². The highest BCUT2D eigenvalue weighted by Crippen LogP contribution is 2.26. The van der Waals surface area contributed by atoms with Gasteiger partial charge in [0, 0.05) is 23.2 Å². The molecule has 0 saturated heterocycles. The third-order valence-corrected chi connectivity index (χ3v) is 5.51. The van der Waals surface area contributed by atoms with Crippen molar-refractivity contribution in [3.63, 3.8) is 0 Å². The first-order valence-electron chi connectivity index (χ1n) is 9.37. The monoisotopic (exact) mass is 394 g/mol. The average molecular weight is 395 g/mol. The largest absolute Gasteiger partial charge is 0.353 e. The summed E-state index contributed by atoms with van der Waals surface area (Å²) in [5.74, 6) is -0.610. The molecule has 3 rings (SSSR count). The van der Waals surface area contributed by atoms with Crippen LogP contribution in [0.4, 0.5) is 4.39 Å². The van der Waals surface area contributed by atoms with E-state index in [1.165, 1.54) is 21.4 Å². The molecule has 0 bridgehead atoms. The molecule has 1 N–H and O–H groups in total. The lowest BCUT2D eigenvalue weighted by Gasteiger charge is -2.23. The summed E-state index contributed by atoms with van der Waals surface area (Å²) in [5.41, 5.74) is -0.126. The summed E-state index contributed by atoms with van der Waals surface area (Å²) in [6.07, 6.45) is 3.06. The maximum atomic E-state index is 14.1. The number of carbonyl (C=O) groups excluding carboxylic acids is 1. The van der Waals surface area contributed by atoms with Crippen LogP contribution in [0.25, 0.3) is 0 Å². The number of nitrogens with one attached hydrogen (secondary N) is 1. The molecule has 0 saturated carbocycles. The van der Waals surface area contributed by atoms with Crippen LogP contribution in [0.1, 0.15) is 56.8 Å². The third-order valence-electron chi connectivity index (χ3n) is 5.16. The molecule has 1 unspecified atom stereocenters. The number of benzene rings is 1. The van der Waals surface area contributed by atoms with Crippen LogP contribution in [0.5, 0.6) is 0 Å². The Morgan fingerprint density at radius 2 is 2.15 bits per heavy atom. The number of carbonyl (C=O) groups is 1. The Morgan fingerprint density at radius 3 is 2.81 bits per heavy atom. The van der Waals surface area contributed by atoms with Crippen LogP contribution < -0.4 is 11.0 Å². The first-order valence-corrected chi connectivity index (χ1v) is 9.74. The lowest BCUT2D eigenvalue weighted by molar-refractivity contribution is -0.124. The molecule has 8 heteroatoms. The van der Waals surface area contributed by atoms with Gasteiger partial charge in [0.2, 0.25) is 5.91 Å². The molecule has 1 aromatic heterocycles. The molecule has 0 fully saturated rings. The number of halogens is 2. The van der Waals surface area contributed by atoms with Crippen molar-refractivity contribution in [2.24, 2.45) is 0 Å². The zero-order chi connectivity index (χ0) is 19.6. The predicted molar refractivity (Wildman–Crippen MR) is 101 cm³/mol. The minimum atomic E-state index is -0.483. The number of hydrogen-bond acceptors (Lipinski definition) is 3. The van der Waals surface area contributed by atoms with Gasteiger partial charge in [-0.1, -0.05) is 31.5 Å². The van der Waals surface area contributed by atoms with Crippen molar-refractivity contribution in [2.45, 2.75) is 64.6 Å². The van der Waals surface area contributed by atoms with Gasteiger partial charge in [0.25, 0.3) is 0 Å². The summed E-state index contributed by atoms with van der Waals surface area (Å²) in [4.78, 5) is 25.4. The fraction of sp³-hybridized carbons (Fsp3) is 0.526. The second-order valence-electron chi connectivity index (χ2n) is 6.87. The molecule has 6 nitrogen and oxygen atoms in total. The average Bonchev–Trinajstić information content (AvgIpc) is 2.98. The second-order valence-corrected chi connectivity index (χ2v) is 7.27. The van der Waals surface area contributed by atoms with E-state index in [1.54, 1.807) is 6.07 Å². The van der Waals surface area contributed by atoms with E-state index in [0.717, 1.165) is 19.3 Å². The maximum Gasteiger partial charge on any atom is 0.346 e. The highest BCUT2D eigenvalue weighted by Gasteiger charge is 2.32. The molecule has 1 atom stereocenters. The van der Waals surface area contributed by atoms with E-state index in [-0.39, 0.29) is 34.8 Å². The molecule has 27 heavy (non-hydrogen) atoms. The maximum absolute atomic E-state index is 14.1. The summed E-state index contributed by atoms with van der Waals surface area (Å²) in [6, 6.07) is 4.50. The fourth-order valence-corrected chi connectivity index (χ4v) is 3.71. The van der Waals surface area contributed by atoms with E-state index in [9.17, 15) is 14.0 Å². The molecule has 0 aliphatic carbocycles. The van der Waals surface area contributed by atoms with Crippen molar-refractivity contribution in [1.82, 2.24) is 19.7 Å². The van der Waals surface area contributed by atoms with Crippen molar-refractivity contribution >= 4 is 17.5 Å². The van der Waals surface area contributed by atoms with E-state index in [1.807, 2.05) is 13.8 Å². The smallest absolute Gasteiger partial charge is 0.346 e. The quantitative estimate of drug-likeness (QED) is 0.818. The van der Waals surface area contributed by atoms with Gasteiger partial charge in [-0.15, -0.1) is 0 Å².